The molecule has 4 aromatic rings. The molecular formula is C23H22N4O3S2. The van der Waals surface area contributed by atoms with E-state index in [2.05, 4.69) is 18.8 Å². The number of carbonyl (C=O) groups is 1. The predicted octanol–water partition coefficient (Wildman–Crippen LogP) is 4.27. The van der Waals surface area contributed by atoms with Gasteiger partial charge in [-0.3, -0.25) is 4.79 Å². The largest absolute Gasteiger partial charge is 0.324 e. The molecule has 4 rings (SSSR count). The molecule has 9 heteroatoms. The number of carbonyl (C=O) groups excluding carboxylic acids is 1. The second-order valence-electron chi connectivity index (χ2n) is 7.62. The van der Waals surface area contributed by atoms with Gasteiger partial charge in [0, 0.05) is 5.69 Å². The lowest BCUT2D eigenvalue weighted by Gasteiger charge is -2.21. The molecular weight excluding hydrogens is 444 g/mol. The summed E-state index contributed by atoms with van der Waals surface area (Å²) in [6.07, 6.45) is 0. The molecule has 0 bridgehead atoms. The molecule has 0 aliphatic rings. The van der Waals surface area contributed by atoms with E-state index < -0.39 is 22.0 Å². The maximum Gasteiger partial charge on any atom is 0.247 e. The van der Waals surface area contributed by atoms with Crippen LogP contribution in [-0.2, 0) is 14.8 Å². The molecule has 0 saturated heterocycles. The minimum absolute atomic E-state index is 0.0137. The molecule has 2 N–H and O–H groups in total. The number of aromatic nitrogens is 2. The molecule has 164 valence electrons. The summed E-state index contributed by atoms with van der Waals surface area (Å²) in [5.41, 5.74) is 4.87. The fraction of sp³-hybridized carbons (Fsp3) is 0.174. The Morgan fingerprint density at radius 1 is 0.938 bits per heavy atom. The molecule has 1 heterocycles. The summed E-state index contributed by atoms with van der Waals surface area (Å²) in [5.74, 6) is -0.474. The average molecular weight is 467 g/mol. The molecule has 7 nitrogen and oxygen atoms in total. The molecule has 0 saturated carbocycles. The van der Waals surface area contributed by atoms with E-state index in [4.69, 9.17) is 0 Å². The van der Waals surface area contributed by atoms with Crippen LogP contribution >= 0.6 is 11.7 Å². The van der Waals surface area contributed by atoms with Crippen molar-refractivity contribution in [1.29, 1.82) is 0 Å². The molecule has 0 fully saturated rings. The van der Waals surface area contributed by atoms with Crippen molar-refractivity contribution in [2.24, 2.45) is 0 Å². The first kappa shape index (κ1) is 22.1. The zero-order chi connectivity index (χ0) is 22.9. The van der Waals surface area contributed by atoms with Gasteiger partial charge in [-0.05, 0) is 49.6 Å². The highest BCUT2D eigenvalue weighted by atomic mass is 32.2. The van der Waals surface area contributed by atoms with Gasteiger partial charge in [0.15, 0.2) is 0 Å². The van der Waals surface area contributed by atoms with E-state index in [-0.39, 0.29) is 10.4 Å². The third-order valence-corrected chi connectivity index (χ3v) is 7.13. The molecule has 0 aliphatic heterocycles. The predicted molar refractivity (Wildman–Crippen MR) is 126 cm³/mol. The highest BCUT2D eigenvalue weighted by molar-refractivity contribution is 7.89. The quantitative estimate of drug-likeness (QED) is 0.442. The maximum absolute atomic E-state index is 13.4. The first-order valence-electron chi connectivity index (χ1n) is 9.93. The lowest BCUT2D eigenvalue weighted by Crippen LogP contribution is -2.37. The SMILES string of the molecule is Cc1cc(C)c(NC(=O)[C@H](NS(=O)(=O)c2cccc3nsnc23)c2ccccc2)c(C)c1. The zero-order valence-electron chi connectivity index (χ0n) is 17.8. The Morgan fingerprint density at radius 3 is 2.31 bits per heavy atom. The molecule has 1 atom stereocenters. The van der Waals surface area contributed by atoms with E-state index in [0.717, 1.165) is 28.4 Å². The van der Waals surface area contributed by atoms with Gasteiger partial charge < -0.3 is 5.32 Å². The Kier molecular flexibility index (Phi) is 6.05. The van der Waals surface area contributed by atoms with Crippen molar-refractivity contribution in [3.8, 4) is 0 Å². The van der Waals surface area contributed by atoms with Crippen LogP contribution in [0.4, 0.5) is 5.69 Å². The van der Waals surface area contributed by atoms with Gasteiger partial charge in [-0.15, -0.1) is 0 Å². The van der Waals surface area contributed by atoms with Crippen LogP contribution in [0.15, 0.2) is 65.6 Å². The van der Waals surface area contributed by atoms with Crippen molar-refractivity contribution in [3.05, 3.63) is 82.9 Å². The van der Waals surface area contributed by atoms with E-state index in [9.17, 15) is 13.2 Å². The van der Waals surface area contributed by atoms with Gasteiger partial charge in [0.1, 0.15) is 22.0 Å². The van der Waals surface area contributed by atoms with Gasteiger partial charge in [-0.1, -0.05) is 54.1 Å². The van der Waals surface area contributed by atoms with Crippen molar-refractivity contribution in [1.82, 2.24) is 13.5 Å². The van der Waals surface area contributed by atoms with Gasteiger partial charge in [0.05, 0.1) is 11.7 Å². The summed E-state index contributed by atoms with van der Waals surface area (Å²) in [7, 11) is -4.08. The molecule has 0 radical (unpaired) electrons. The number of fused-ring (bicyclic) bond motifs is 1. The number of hydrogen-bond donors (Lipinski definition) is 2. The van der Waals surface area contributed by atoms with Gasteiger partial charge in [-0.25, -0.2) is 8.42 Å². The Morgan fingerprint density at radius 2 is 1.62 bits per heavy atom. The minimum atomic E-state index is -4.08. The molecule has 32 heavy (non-hydrogen) atoms. The van der Waals surface area contributed by atoms with Crippen molar-refractivity contribution in [3.63, 3.8) is 0 Å². The number of nitrogens with one attached hydrogen (secondary N) is 2. The van der Waals surface area contributed by atoms with Crippen LogP contribution in [-0.4, -0.2) is 23.1 Å². The van der Waals surface area contributed by atoms with Crippen molar-refractivity contribution < 1.29 is 13.2 Å². The van der Waals surface area contributed by atoms with E-state index in [0.29, 0.717) is 16.8 Å². The second kappa shape index (κ2) is 8.78. The molecule has 1 aromatic heterocycles. The number of anilines is 1. The average Bonchev–Trinajstić information content (AvgIpc) is 3.24. The highest BCUT2D eigenvalue weighted by Crippen LogP contribution is 2.26. The van der Waals surface area contributed by atoms with Gasteiger partial charge >= 0.3 is 0 Å². The number of amides is 1. The maximum atomic E-state index is 13.4. The fourth-order valence-corrected chi connectivity index (χ4v) is 5.66. The second-order valence-corrected chi connectivity index (χ2v) is 9.83. The van der Waals surface area contributed by atoms with Crippen LogP contribution in [0.5, 0.6) is 0 Å². The van der Waals surface area contributed by atoms with Gasteiger partial charge in [0.2, 0.25) is 15.9 Å². The van der Waals surface area contributed by atoms with Crippen LogP contribution in [0.25, 0.3) is 11.0 Å². The van der Waals surface area contributed by atoms with Crippen LogP contribution in [0.3, 0.4) is 0 Å². The number of benzene rings is 3. The van der Waals surface area contributed by atoms with Crippen LogP contribution < -0.4 is 10.0 Å². The van der Waals surface area contributed by atoms with E-state index in [1.807, 2.05) is 39.0 Å². The van der Waals surface area contributed by atoms with Gasteiger partial charge in [-0.2, -0.15) is 13.5 Å². The van der Waals surface area contributed by atoms with Gasteiger partial charge in [0.25, 0.3) is 0 Å². The molecule has 0 spiro atoms. The monoisotopic (exact) mass is 466 g/mol. The number of nitrogens with zero attached hydrogens (tertiary/aromatic N) is 2. The Hall–Kier alpha value is -3.14. The summed E-state index contributed by atoms with van der Waals surface area (Å²) in [5, 5.41) is 2.92. The standard InChI is InChI=1S/C23H22N4O3S2/c1-14-12-15(2)20(16(3)13-14)24-23(28)21(17-8-5-4-6-9-17)27-32(29,30)19-11-7-10-18-22(19)26-31-25-18/h4-13,21,27H,1-3H3,(H,24,28)/t21-/m1/s1. The van der Waals surface area contributed by atoms with E-state index >= 15 is 0 Å². The van der Waals surface area contributed by atoms with Crippen molar-refractivity contribution >= 4 is 44.4 Å². The molecule has 0 aliphatic carbocycles. The topological polar surface area (TPSA) is 101 Å². The van der Waals surface area contributed by atoms with E-state index in [1.54, 1.807) is 36.4 Å². The van der Waals surface area contributed by atoms with Crippen LogP contribution in [0.2, 0.25) is 0 Å². The first-order valence-corrected chi connectivity index (χ1v) is 12.1. The normalized spacial score (nSPS) is 12.6. The lowest BCUT2D eigenvalue weighted by atomic mass is 10.0. The van der Waals surface area contributed by atoms with E-state index in [1.165, 1.54) is 6.07 Å². The number of aryl methyl sites for hydroxylation is 3. The van der Waals surface area contributed by atoms with Crippen LogP contribution in [0, 0.1) is 20.8 Å². The first-order chi connectivity index (χ1) is 15.3. The number of rotatable bonds is 6. The number of sulfonamides is 1. The smallest absolute Gasteiger partial charge is 0.247 e. The summed E-state index contributed by atoms with van der Waals surface area (Å²) < 4.78 is 37.4. The summed E-state index contributed by atoms with van der Waals surface area (Å²) in [4.78, 5) is 13.3. The lowest BCUT2D eigenvalue weighted by molar-refractivity contribution is -0.117. The Balaban J connectivity index is 1.72. The third-order valence-electron chi connectivity index (χ3n) is 5.13. The zero-order valence-corrected chi connectivity index (χ0v) is 19.4. The fourth-order valence-electron chi connectivity index (χ4n) is 3.71. The van der Waals surface area contributed by atoms with Crippen molar-refractivity contribution in [2.75, 3.05) is 5.32 Å². The molecule has 1 amide bonds. The third kappa shape index (κ3) is 4.40. The Labute approximate surface area is 190 Å². The van der Waals surface area contributed by atoms with Crippen molar-refractivity contribution in [2.45, 2.75) is 31.7 Å². The summed E-state index contributed by atoms with van der Waals surface area (Å²) in [6, 6.07) is 16.3. The Bertz CT molecular complexity index is 1380. The minimum Gasteiger partial charge on any atom is -0.324 e. The van der Waals surface area contributed by atoms with Crippen LogP contribution in [0.1, 0.15) is 28.3 Å². The number of hydrogen-bond acceptors (Lipinski definition) is 6. The summed E-state index contributed by atoms with van der Waals surface area (Å²) >= 11 is 0.939. The highest BCUT2D eigenvalue weighted by Gasteiger charge is 2.29. The summed E-state index contributed by atoms with van der Waals surface area (Å²) in [6.45, 7) is 5.81. The molecule has 0 unspecified atom stereocenters. The molecule has 3 aromatic carbocycles.